The molecular weight excluding hydrogens is 456 g/mol. The van der Waals surface area contributed by atoms with Crippen LogP contribution in [-0.4, -0.2) is 97.2 Å². The molecule has 0 saturated heterocycles. The lowest BCUT2D eigenvalue weighted by molar-refractivity contribution is -0.159. The minimum absolute atomic E-state index is 0.222. The maximum Gasteiger partial charge on any atom is 0.330 e. The highest BCUT2D eigenvalue weighted by Crippen LogP contribution is 2.23. The van der Waals surface area contributed by atoms with Crippen LogP contribution in [0.2, 0.25) is 0 Å². The first-order chi connectivity index (χ1) is 16.0. The average Bonchev–Trinajstić information content (AvgIpc) is 2.87. The highest BCUT2D eigenvalue weighted by Gasteiger charge is 2.37. The van der Waals surface area contributed by atoms with Crippen molar-refractivity contribution in [1.29, 1.82) is 0 Å². The van der Waals surface area contributed by atoms with E-state index in [4.69, 9.17) is 24.1 Å². The molecule has 0 saturated carbocycles. The molecule has 0 aliphatic rings. The number of carboxylic acids is 1. The second kappa shape index (κ2) is 18.4. The van der Waals surface area contributed by atoms with Gasteiger partial charge in [-0.05, 0) is 0 Å². The normalized spacial score (nSPS) is 10.7. The van der Waals surface area contributed by atoms with Crippen molar-refractivity contribution in [3.63, 3.8) is 0 Å². The molecule has 0 aromatic rings. The van der Waals surface area contributed by atoms with E-state index in [0.717, 1.165) is 18.2 Å². The number of carbonyl (C=O) groups is 4. The topological polar surface area (TPSA) is 186 Å². The van der Waals surface area contributed by atoms with Crippen molar-refractivity contribution in [3.05, 3.63) is 38.0 Å². The summed E-state index contributed by atoms with van der Waals surface area (Å²) >= 11 is 0. The Morgan fingerprint density at radius 2 is 0.971 bits per heavy atom. The van der Waals surface area contributed by atoms with Gasteiger partial charge in [0.15, 0.2) is 0 Å². The van der Waals surface area contributed by atoms with Crippen LogP contribution in [0.15, 0.2) is 38.0 Å². The Balaban J connectivity index is 0. The molecule has 4 N–H and O–H groups in total. The van der Waals surface area contributed by atoms with E-state index in [9.17, 15) is 34.5 Å². The van der Waals surface area contributed by atoms with Crippen molar-refractivity contribution < 1.29 is 58.6 Å². The van der Waals surface area contributed by atoms with Crippen LogP contribution in [0.5, 0.6) is 0 Å². The number of aliphatic hydroxyl groups excluding tert-OH is 3. The first kappa shape index (κ1) is 33.1. The molecule has 0 unspecified atom stereocenters. The molecule has 194 valence electrons. The van der Waals surface area contributed by atoms with Gasteiger partial charge in [-0.1, -0.05) is 26.7 Å². The van der Waals surface area contributed by atoms with Crippen LogP contribution in [-0.2, 0) is 38.1 Å². The fourth-order valence-corrected chi connectivity index (χ4v) is 1.87. The van der Waals surface area contributed by atoms with E-state index >= 15 is 0 Å². The number of ether oxygens (including phenoxy) is 4. The van der Waals surface area contributed by atoms with Crippen LogP contribution in [0.3, 0.4) is 0 Å². The van der Waals surface area contributed by atoms with Crippen molar-refractivity contribution in [2.24, 2.45) is 10.8 Å². The summed E-state index contributed by atoms with van der Waals surface area (Å²) in [5, 5.41) is 36.7. The van der Waals surface area contributed by atoms with Gasteiger partial charge in [0, 0.05) is 24.6 Å². The highest BCUT2D eigenvalue weighted by atomic mass is 16.6. The van der Waals surface area contributed by atoms with Crippen LogP contribution in [0.1, 0.15) is 13.3 Å². The Kier molecular flexibility index (Phi) is 17.9. The van der Waals surface area contributed by atoms with Crippen LogP contribution in [0.25, 0.3) is 0 Å². The van der Waals surface area contributed by atoms with E-state index in [1.807, 2.05) is 0 Å². The van der Waals surface area contributed by atoms with E-state index in [0.29, 0.717) is 0 Å². The lowest BCUT2D eigenvalue weighted by Crippen LogP contribution is -2.45. The number of carbonyl (C=O) groups excluding carboxylic acids is 3. The Labute approximate surface area is 198 Å². The molecule has 0 bridgehead atoms. The summed E-state index contributed by atoms with van der Waals surface area (Å²) in [4.78, 5) is 43.3. The fraction of sp³-hybridized carbons (Fsp3) is 0.545. The van der Waals surface area contributed by atoms with Gasteiger partial charge in [0.05, 0.1) is 43.9 Å². The van der Waals surface area contributed by atoms with Crippen LogP contribution in [0.4, 0.5) is 0 Å². The molecule has 0 aromatic heterocycles. The largest absolute Gasteiger partial charge is 0.481 e. The first-order valence-corrected chi connectivity index (χ1v) is 10.0. The molecule has 0 aliphatic heterocycles. The summed E-state index contributed by atoms with van der Waals surface area (Å²) in [6, 6.07) is 0. The van der Waals surface area contributed by atoms with Crippen molar-refractivity contribution >= 4 is 23.9 Å². The van der Waals surface area contributed by atoms with Crippen LogP contribution in [0, 0.1) is 10.8 Å². The average molecular weight is 491 g/mol. The van der Waals surface area contributed by atoms with Gasteiger partial charge in [0.1, 0.15) is 19.8 Å². The zero-order chi connectivity index (χ0) is 26.6. The number of rotatable bonds is 17. The van der Waals surface area contributed by atoms with Gasteiger partial charge in [-0.2, -0.15) is 0 Å². The third-order valence-electron chi connectivity index (χ3n) is 4.19. The molecule has 0 aromatic carbocycles. The molecule has 12 heteroatoms. The molecule has 0 amide bonds. The summed E-state index contributed by atoms with van der Waals surface area (Å²) in [5.41, 5.74) is -2.65. The molecule has 12 nitrogen and oxygen atoms in total. The lowest BCUT2D eigenvalue weighted by atomic mass is 9.90. The molecule has 0 aliphatic carbocycles. The lowest BCUT2D eigenvalue weighted by Gasteiger charge is -2.33. The smallest absolute Gasteiger partial charge is 0.330 e. The Hall–Kier alpha value is -3.06. The molecule has 0 atom stereocenters. The Bertz CT molecular complexity index is 657. The SMILES string of the molecule is C=CC(=O)OCC(CO)(CO)COCC(CO)(COC(=O)C=C)COC(=O)C=C.CCC(=O)O. The van der Waals surface area contributed by atoms with Gasteiger partial charge in [-0.15, -0.1) is 0 Å². The van der Waals surface area contributed by atoms with Gasteiger partial charge in [-0.3, -0.25) is 4.79 Å². The molecule has 0 spiro atoms. The van der Waals surface area contributed by atoms with E-state index in [2.05, 4.69) is 19.7 Å². The minimum Gasteiger partial charge on any atom is -0.481 e. The summed E-state index contributed by atoms with van der Waals surface area (Å²) in [7, 11) is 0. The zero-order valence-corrected chi connectivity index (χ0v) is 19.3. The summed E-state index contributed by atoms with van der Waals surface area (Å²) < 4.78 is 20.3. The molecule has 0 radical (unpaired) electrons. The minimum atomic E-state index is -1.33. The number of hydrogen-bond acceptors (Lipinski definition) is 11. The summed E-state index contributed by atoms with van der Waals surface area (Å²) in [6.45, 7) is 7.99. The predicted molar refractivity (Wildman–Crippen MR) is 118 cm³/mol. The number of aliphatic hydroxyl groups is 3. The van der Waals surface area contributed by atoms with E-state index < -0.39 is 54.5 Å². The van der Waals surface area contributed by atoms with Gasteiger partial charge < -0.3 is 39.4 Å². The van der Waals surface area contributed by atoms with E-state index in [1.165, 1.54) is 0 Å². The fourth-order valence-electron chi connectivity index (χ4n) is 1.87. The van der Waals surface area contributed by atoms with Gasteiger partial charge in [0.25, 0.3) is 0 Å². The van der Waals surface area contributed by atoms with Crippen molar-refractivity contribution in [2.45, 2.75) is 13.3 Å². The highest BCUT2D eigenvalue weighted by molar-refractivity contribution is 5.82. The van der Waals surface area contributed by atoms with E-state index in [-0.39, 0.29) is 39.5 Å². The maximum absolute atomic E-state index is 11.4. The van der Waals surface area contributed by atoms with Crippen LogP contribution < -0.4 is 0 Å². The maximum atomic E-state index is 11.4. The van der Waals surface area contributed by atoms with Crippen molar-refractivity contribution in [1.82, 2.24) is 0 Å². The van der Waals surface area contributed by atoms with Gasteiger partial charge in [-0.25, -0.2) is 14.4 Å². The zero-order valence-electron chi connectivity index (χ0n) is 19.3. The summed E-state index contributed by atoms with van der Waals surface area (Å²) in [6.07, 6.45) is 3.00. The molecule has 0 rings (SSSR count). The molecule has 0 heterocycles. The number of aliphatic carboxylic acids is 1. The number of hydrogen-bond donors (Lipinski definition) is 4. The van der Waals surface area contributed by atoms with Gasteiger partial charge >= 0.3 is 23.9 Å². The second-order valence-electron chi connectivity index (χ2n) is 7.15. The Morgan fingerprint density at radius 1 is 0.676 bits per heavy atom. The van der Waals surface area contributed by atoms with Crippen molar-refractivity contribution in [2.75, 3.05) is 52.9 Å². The predicted octanol–water partition coefficient (Wildman–Crippen LogP) is -0.379. The Morgan fingerprint density at radius 3 is 1.24 bits per heavy atom. The monoisotopic (exact) mass is 490 g/mol. The van der Waals surface area contributed by atoms with E-state index in [1.54, 1.807) is 6.92 Å². The number of esters is 3. The van der Waals surface area contributed by atoms with Crippen LogP contribution >= 0.6 is 0 Å². The summed E-state index contributed by atoms with van der Waals surface area (Å²) in [5.74, 6) is -3.00. The standard InChI is InChI=1S/C19H28O10.C3H6O2/c1-4-15(23)27-12-18(7-20,8-21)10-26-11-19(9-22,13-28-16(24)5-2)14-29-17(25)6-3;1-2-3(4)5/h4-6,20-22H,1-3,7-14H2;2H2,1H3,(H,4,5). The third-order valence-corrected chi connectivity index (χ3v) is 4.19. The molecular formula is C22H34O12. The molecule has 34 heavy (non-hydrogen) atoms. The van der Waals surface area contributed by atoms with Crippen molar-refractivity contribution in [3.8, 4) is 0 Å². The number of carboxylic acid groups (broad SMARTS) is 1. The second-order valence-corrected chi connectivity index (χ2v) is 7.15. The first-order valence-electron chi connectivity index (χ1n) is 10.0. The third kappa shape index (κ3) is 14.2. The van der Waals surface area contributed by atoms with Gasteiger partial charge in [0.2, 0.25) is 0 Å². The quantitative estimate of drug-likeness (QED) is 0.118. The molecule has 0 fully saturated rings.